The first kappa shape index (κ1) is 12.5. The Labute approximate surface area is 96.6 Å². The van der Waals surface area contributed by atoms with Crippen molar-refractivity contribution in [2.75, 3.05) is 0 Å². The molecule has 1 N–H and O–H groups in total. The lowest BCUT2D eigenvalue weighted by molar-refractivity contribution is -0.140. The molecule has 2 heteroatoms. The van der Waals surface area contributed by atoms with Gasteiger partial charge >= 0.3 is 5.97 Å². The molecule has 0 aliphatic rings. The highest BCUT2D eigenvalue weighted by molar-refractivity contribution is 5.75. The molecule has 2 nitrogen and oxygen atoms in total. The van der Waals surface area contributed by atoms with E-state index in [0.29, 0.717) is 6.42 Å². The molecule has 16 heavy (non-hydrogen) atoms. The van der Waals surface area contributed by atoms with Gasteiger partial charge in [0.25, 0.3) is 0 Å². The number of carbonyl (C=O) groups is 1. The van der Waals surface area contributed by atoms with Crippen LogP contribution in [0.15, 0.2) is 30.3 Å². The standard InChI is InChI=1S/C14H18O2/c1-4-12(9-11(3)14(15)16)13-8-6-5-7-10(13)2/h4-8,11H,9H2,1-3H3,(H,15,16)/b12-4-/t11-/m1/s1. The zero-order valence-electron chi connectivity index (χ0n) is 10.0. The van der Waals surface area contributed by atoms with E-state index in [1.165, 1.54) is 5.56 Å². The van der Waals surface area contributed by atoms with Gasteiger partial charge < -0.3 is 5.11 Å². The molecule has 86 valence electrons. The minimum absolute atomic E-state index is 0.342. The maximum Gasteiger partial charge on any atom is 0.306 e. The van der Waals surface area contributed by atoms with Gasteiger partial charge in [-0.15, -0.1) is 0 Å². The second-order valence-electron chi connectivity index (χ2n) is 4.07. The SMILES string of the molecule is C/C=C(/C[C@@H](C)C(=O)O)c1ccccc1C. The minimum Gasteiger partial charge on any atom is -0.481 e. The molecule has 0 heterocycles. The van der Waals surface area contributed by atoms with Crippen molar-refractivity contribution in [2.45, 2.75) is 27.2 Å². The van der Waals surface area contributed by atoms with Crippen LogP contribution in [0.25, 0.3) is 5.57 Å². The molecule has 0 saturated carbocycles. The Morgan fingerprint density at radius 1 is 1.44 bits per heavy atom. The average Bonchev–Trinajstić information content (AvgIpc) is 2.26. The van der Waals surface area contributed by atoms with Crippen molar-refractivity contribution >= 4 is 11.5 Å². The van der Waals surface area contributed by atoms with E-state index in [9.17, 15) is 4.79 Å². The zero-order chi connectivity index (χ0) is 12.1. The van der Waals surface area contributed by atoms with Crippen LogP contribution in [-0.4, -0.2) is 11.1 Å². The highest BCUT2D eigenvalue weighted by atomic mass is 16.4. The van der Waals surface area contributed by atoms with E-state index >= 15 is 0 Å². The summed E-state index contributed by atoms with van der Waals surface area (Å²) in [7, 11) is 0. The van der Waals surface area contributed by atoms with Crippen LogP contribution in [-0.2, 0) is 4.79 Å². The number of carboxylic acids is 1. The van der Waals surface area contributed by atoms with Gasteiger partial charge in [0.1, 0.15) is 0 Å². The molecule has 1 rings (SSSR count). The molecular formula is C14H18O2. The Morgan fingerprint density at radius 2 is 2.06 bits per heavy atom. The minimum atomic E-state index is -0.743. The fraction of sp³-hybridized carbons (Fsp3) is 0.357. The van der Waals surface area contributed by atoms with E-state index in [-0.39, 0.29) is 5.92 Å². The molecule has 0 radical (unpaired) electrons. The summed E-state index contributed by atoms with van der Waals surface area (Å²) in [4.78, 5) is 10.8. The van der Waals surface area contributed by atoms with E-state index < -0.39 is 5.97 Å². The molecule has 0 aliphatic heterocycles. The predicted molar refractivity (Wildman–Crippen MR) is 66.2 cm³/mol. The predicted octanol–water partition coefficient (Wildman–Crippen LogP) is 3.51. The van der Waals surface area contributed by atoms with Crippen LogP contribution in [0.3, 0.4) is 0 Å². The Morgan fingerprint density at radius 3 is 2.56 bits per heavy atom. The van der Waals surface area contributed by atoms with Gasteiger partial charge in [0.15, 0.2) is 0 Å². The molecule has 1 aromatic carbocycles. The summed E-state index contributed by atoms with van der Waals surface area (Å²) in [6.45, 7) is 5.74. The first-order valence-electron chi connectivity index (χ1n) is 5.50. The molecule has 0 aromatic heterocycles. The average molecular weight is 218 g/mol. The normalized spacial score (nSPS) is 13.6. The topological polar surface area (TPSA) is 37.3 Å². The van der Waals surface area contributed by atoms with Gasteiger partial charge in [0, 0.05) is 0 Å². The van der Waals surface area contributed by atoms with Crippen LogP contribution in [0.5, 0.6) is 0 Å². The fourth-order valence-corrected chi connectivity index (χ4v) is 1.73. The Hall–Kier alpha value is -1.57. The second kappa shape index (κ2) is 5.50. The summed E-state index contributed by atoms with van der Waals surface area (Å²) in [5.41, 5.74) is 3.44. The van der Waals surface area contributed by atoms with Gasteiger partial charge in [-0.1, -0.05) is 37.3 Å². The summed E-state index contributed by atoms with van der Waals surface area (Å²) in [5.74, 6) is -1.08. The van der Waals surface area contributed by atoms with Gasteiger partial charge in [0.05, 0.1) is 5.92 Å². The van der Waals surface area contributed by atoms with Gasteiger partial charge in [-0.3, -0.25) is 4.79 Å². The molecule has 0 unspecified atom stereocenters. The molecule has 1 aromatic rings. The summed E-state index contributed by atoms with van der Waals surface area (Å²) < 4.78 is 0. The lowest BCUT2D eigenvalue weighted by atomic mass is 9.92. The van der Waals surface area contributed by atoms with Crippen LogP contribution in [0.4, 0.5) is 0 Å². The Kier molecular flexibility index (Phi) is 4.29. The third-order valence-corrected chi connectivity index (χ3v) is 2.79. The van der Waals surface area contributed by atoms with Crippen LogP contribution >= 0.6 is 0 Å². The summed E-state index contributed by atoms with van der Waals surface area (Å²) in [5, 5.41) is 8.92. The van der Waals surface area contributed by atoms with Crippen molar-refractivity contribution in [3.05, 3.63) is 41.5 Å². The smallest absolute Gasteiger partial charge is 0.306 e. The monoisotopic (exact) mass is 218 g/mol. The number of hydrogen-bond acceptors (Lipinski definition) is 1. The largest absolute Gasteiger partial charge is 0.481 e. The van der Waals surface area contributed by atoms with E-state index in [2.05, 4.69) is 0 Å². The summed E-state index contributed by atoms with van der Waals surface area (Å²) in [6.07, 6.45) is 2.58. The highest BCUT2D eigenvalue weighted by Gasteiger charge is 2.14. The Bertz CT molecular complexity index is 405. The number of aliphatic carboxylic acids is 1. The van der Waals surface area contributed by atoms with Crippen LogP contribution in [0.1, 0.15) is 31.4 Å². The van der Waals surface area contributed by atoms with Gasteiger partial charge in [-0.25, -0.2) is 0 Å². The highest BCUT2D eigenvalue weighted by Crippen LogP contribution is 2.25. The lowest BCUT2D eigenvalue weighted by Gasteiger charge is -2.12. The van der Waals surface area contributed by atoms with Gasteiger partial charge in [-0.05, 0) is 37.0 Å². The number of rotatable bonds is 4. The maximum absolute atomic E-state index is 10.8. The summed E-state index contributed by atoms with van der Waals surface area (Å²) >= 11 is 0. The third kappa shape index (κ3) is 2.96. The molecule has 0 saturated heterocycles. The first-order valence-corrected chi connectivity index (χ1v) is 5.50. The molecule has 0 amide bonds. The second-order valence-corrected chi connectivity index (χ2v) is 4.07. The van der Waals surface area contributed by atoms with Crippen LogP contribution in [0, 0.1) is 12.8 Å². The number of aryl methyl sites for hydroxylation is 1. The van der Waals surface area contributed by atoms with Crippen molar-refractivity contribution < 1.29 is 9.90 Å². The fourth-order valence-electron chi connectivity index (χ4n) is 1.73. The summed E-state index contributed by atoms with van der Waals surface area (Å²) in [6, 6.07) is 8.06. The van der Waals surface area contributed by atoms with Crippen molar-refractivity contribution in [3.8, 4) is 0 Å². The van der Waals surface area contributed by atoms with Crippen molar-refractivity contribution in [1.29, 1.82) is 0 Å². The number of allylic oxidation sites excluding steroid dienone is 2. The van der Waals surface area contributed by atoms with E-state index in [4.69, 9.17) is 5.11 Å². The third-order valence-electron chi connectivity index (χ3n) is 2.79. The van der Waals surface area contributed by atoms with Crippen molar-refractivity contribution in [2.24, 2.45) is 5.92 Å². The Balaban J connectivity index is 2.93. The van der Waals surface area contributed by atoms with Gasteiger partial charge in [0.2, 0.25) is 0 Å². The number of benzene rings is 1. The van der Waals surface area contributed by atoms with Crippen LogP contribution in [0.2, 0.25) is 0 Å². The molecule has 0 fully saturated rings. The van der Waals surface area contributed by atoms with Gasteiger partial charge in [-0.2, -0.15) is 0 Å². The van der Waals surface area contributed by atoms with E-state index in [1.807, 2.05) is 44.2 Å². The molecule has 0 spiro atoms. The molecular weight excluding hydrogens is 200 g/mol. The zero-order valence-corrected chi connectivity index (χ0v) is 10.0. The number of hydrogen-bond donors (Lipinski definition) is 1. The molecule has 0 aliphatic carbocycles. The van der Waals surface area contributed by atoms with Crippen molar-refractivity contribution in [1.82, 2.24) is 0 Å². The van der Waals surface area contributed by atoms with Crippen molar-refractivity contribution in [3.63, 3.8) is 0 Å². The quantitative estimate of drug-likeness (QED) is 0.839. The lowest BCUT2D eigenvalue weighted by Crippen LogP contribution is -2.10. The number of carboxylic acid groups (broad SMARTS) is 1. The van der Waals surface area contributed by atoms with Crippen LogP contribution < -0.4 is 0 Å². The first-order chi connectivity index (χ1) is 7.56. The molecule has 0 bridgehead atoms. The van der Waals surface area contributed by atoms with E-state index in [1.54, 1.807) is 6.92 Å². The maximum atomic E-state index is 10.8. The molecule has 1 atom stereocenters. The van der Waals surface area contributed by atoms with E-state index in [0.717, 1.165) is 11.1 Å².